The van der Waals surface area contributed by atoms with E-state index < -0.39 is 0 Å². The van der Waals surface area contributed by atoms with Crippen LogP contribution in [0, 0.1) is 13.8 Å². The number of nitrogens with one attached hydrogen (secondary N) is 2. The summed E-state index contributed by atoms with van der Waals surface area (Å²) < 4.78 is 0. The average Bonchev–Trinajstić information content (AvgIpc) is 3.18. The molecule has 2 N–H and O–H groups in total. The second kappa shape index (κ2) is 8.91. The number of aromatic nitrogens is 2. The second-order valence-electron chi connectivity index (χ2n) is 8.68. The number of benzene rings is 3. The summed E-state index contributed by atoms with van der Waals surface area (Å²) in [7, 11) is 0. The molecule has 0 spiro atoms. The maximum absolute atomic E-state index is 12.5. The van der Waals surface area contributed by atoms with Gasteiger partial charge in [-0.1, -0.05) is 53.6 Å². The van der Waals surface area contributed by atoms with Gasteiger partial charge in [0.25, 0.3) is 0 Å². The summed E-state index contributed by atoms with van der Waals surface area (Å²) in [5.41, 5.74) is 8.52. The van der Waals surface area contributed by atoms with E-state index in [1.165, 1.54) is 22.1 Å². The molecule has 0 aliphatic carbocycles. The molecule has 0 fully saturated rings. The number of carbonyl (C=O) groups is 1. The van der Waals surface area contributed by atoms with Crippen LogP contribution in [0.2, 0.25) is 0 Å². The standard InChI is InChI=1S/C29H27N3O/c1-19-10-14-22(15-11-19)30-28(33)9-5-7-23-24-18-20(2)12-16-26(24)32-29(23)27-17-13-21-6-3-4-8-25(21)31-27/h3-4,6,8,10-18,32H,5,7,9H2,1-2H3,(H,30,33). The fourth-order valence-electron chi connectivity index (χ4n) is 4.33. The molecule has 4 nitrogen and oxygen atoms in total. The topological polar surface area (TPSA) is 57.8 Å². The first-order valence-corrected chi connectivity index (χ1v) is 11.4. The lowest BCUT2D eigenvalue weighted by molar-refractivity contribution is -0.116. The van der Waals surface area contributed by atoms with Gasteiger partial charge in [-0.15, -0.1) is 0 Å². The number of anilines is 1. The van der Waals surface area contributed by atoms with Crippen LogP contribution in [0.15, 0.2) is 78.9 Å². The van der Waals surface area contributed by atoms with Gasteiger partial charge in [0.2, 0.25) is 5.91 Å². The molecule has 5 rings (SSSR count). The fourth-order valence-corrected chi connectivity index (χ4v) is 4.33. The number of H-pyrrole nitrogens is 1. The summed E-state index contributed by atoms with van der Waals surface area (Å²) in [4.78, 5) is 21.0. The van der Waals surface area contributed by atoms with Crippen LogP contribution in [0.25, 0.3) is 33.2 Å². The quantitative estimate of drug-likeness (QED) is 0.304. The van der Waals surface area contributed by atoms with Crippen LogP contribution < -0.4 is 5.32 Å². The Hall–Kier alpha value is -3.92. The third-order valence-electron chi connectivity index (χ3n) is 6.08. The zero-order chi connectivity index (χ0) is 22.8. The van der Waals surface area contributed by atoms with E-state index in [1.807, 2.05) is 49.4 Å². The first kappa shape index (κ1) is 21.0. The first-order chi connectivity index (χ1) is 16.1. The molecular weight excluding hydrogens is 406 g/mol. The van der Waals surface area contributed by atoms with E-state index in [1.54, 1.807) is 0 Å². The molecular formula is C29H27N3O. The molecule has 0 unspecified atom stereocenters. The van der Waals surface area contributed by atoms with Gasteiger partial charge in [-0.2, -0.15) is 0 Å². The summed E-state index contributed by atoms with van der Waals surface area (Å²) in [6, 6.07) is 26.7. The number of fused-ring (bicyclic) bond motifs is 2. The van der Waals surface area contributed by atoms with Crippen molar-refractivity contribution in [2.24, 2.45) is 0 Å². The zero-order valence-electron chi connectivity index (χ0n) is 19.0. The molecule has 0 radical (unpaired) electrons. The van der Waals surface area contributed by atoms with Gasteiger partial charge < -0.3 is 10.3 Å². The van der Waals surface area contributed by atoms with Crippen molar-refractivity contribution in [3.63, 3.8) is 0 Å². The summed E-state index contributed by atoms with van der Waals surface area (Å²) in [6.45, 7) is 4.15. The molecule has 33 heavy (non-hydrogen) atoms. The van der Waals surface area contributed by atoms with Crippen molar-refractivity contribution in [1.29, 1.82) is 0 Å². The van der Waals surface area contributed by atoms with Crippen molar-refractivity contribution in [1.82, 2.24) is 9.97 Å². The molecule has 5 aromatic rings. The van der Waals surface area contributed by atoms with Gasteiger partial charge in [0, 0.05) is 28.4 Å². The molecule has 2 aromatic heterocycles. The normalized spacial score (nSPS) is 11.2. The number of hydrogen-bond acceptors (Lipinski definition) is 2. The van der Waals surface area contributed by atoms with Crippen molar-refractivity contribution in [3.05, 3.63) is 95.6 Å². The van der Waals surface area contributed by atoms with E-state index in [2.05, 4.69) is 53.6 Å². The first-order valence-electron chi connectivity index (χ1n) is 11.4. The summed E-state index contributed by atoms with van der Waals surface area (Å²) in [5.74, 6) is 0.0419. The molecule has 164 valence electrons. The van der Waals surface area contributed by atoms with Crippen molar-refractivity contribution >= 4 is 33.4 Å². The minimum atomic E-state index is 0.0419. The molecule has 2 heterocycles. The van der Waals surface area contributed by atoms with Crippen LogP contribution in [-0.4, -0.2) is 15.9 Å². The van der Waals surface area contributed by atoms with Gasteiger partial charge in [-0.05, 0) is 68.7 Å². The fraction of sp³-hybridized carbons (Fsp3) is 0.172. The lowest BCUT2D eigenvalue weighted by Gasteiger charge is -2.08. The highest BCUT2D eigenvalue weighted by atomic mass is 16.1. The van der Waals surface area contributed by atoms with Crippen LogP contribution in [0.4, 0.5) is 5.69 Å². The minimum absolute atomic E-state index is 0.0419. The van der Waals surface area contributed by atoms with Crippen molar-refractivity contribution < 1.29 is 4.79 Å². The van der Waals surface area contributed by atoms with Crippen molar-refractivity contribution in [2.45, 2.75) is 33.1 Å². The highest BCUT2D eigenvalue weighted by Gasteiger charge is 2.15. The van der Waals surface area contributed by atoms with Gasteiger partial charge in [-0.3, -0.25) is 4.79 Å². The minimum Gasteiger partial charge on any atom is -0.353 e. The maximum Gasteiger partial charge on any atom is 0.224 e. The van der Waals surface area contributed by atoms with Crippen LogP contribution >= 0.6 is 0 Å². The Kier molecular flexibility index (Phi) is 5.66. The van der Waals surface area contributed by atoms with E-state index in [-0.39, 0.29) is 5.91 Å². The lowest BCUT2D eigenvalue weighted by atomic mass is 10.0. The van der Waals surface area contributed by atoms with Crippen LogP contribution in [0.3, 0.4) is 0 Å². The number of rotatable bonds is 6. The van der Waals surface area contributed by atoms with E-state index in [0.717, 1.165) is 46.3 Å². The Balaban J connectivity index is 1.40. The molecule has 0 aliphatic heterocycles. The number of pyridine rings is 1. The van der Waals surface area contributed by atoms with Crippen LogP contribution in [0.1, 0.15) is 29.5 Å². The number of carbonyl (C=O) groups excluding carboxylic acids is 1. The van der Waals surface area contributed by atoms with E-state index in [0.29, 0.717) is 6.42 Å². The number of para-hydroxylation sites is 1. The SMILES string of the molecule is Cc1ccc(NC(=O)CCCc2c(-c3ccc4ccccc4n3)[nH]c3ccc(C)cc23)cc1. The maximum atomic E-state index is 12.5. The average molecular weight is 434 g/mol. The molecule has 0 atom stereocenters. The Labute approximate surface area is 193 Å². The van der Waals surface area contributed by atoms with Crippen molar-refractivity contribution in [2.75, 3.05) is 5.32 Å². The monoisotopic (exact) mass is 433 g/mol. The Bertz CT molecular complexity index is 1450. The van der Waals surface area contributed by atoms with E-state index >= 15 is 0 Å². The zero-order valence-corrected chi connectivity index (χ0v) is 19.0. The highest BCUT2D eigenvalue weighted by Crippen LogP contribution is 2.32. The smallest absolute Gasteiger partial charge is 0.224 e. The highest BCUT2D eigenvalue weighted by molar-refractivity contribution is 5.93. The number of aryl methyl sites for hydroxylation is 3. The predicted molar refractivity (Wildman–Crippen MR) is 137 cm³/mol. The largest absolute Gasteiger partial charge is 0.353 e. The Morgan fingerprint density at radius 1 is 0.909 bits per heavy atom. The predicted octanol–water partition coefficient (Wildman–Crippen LogP) is 6.96. The van der Waals surface area contributed by atoms with Gasteiger partial charge >= 0.3 is 0 Å². The number of amides is 1. The Morgan fingerprint density at radius 3 is 2.55 bits per heavy atom. The molecule has 4 heteroatoms. The summed E-state index contributed by atoms with van der Waals surface area (Å²) in [6.07, 6.45) is 2.03. The van der Waals surface area contributed by atoms with Crippen molar-refractivity contribution in [3.8, 4) is 11.4 Å². The molecule has 0 bridgehead atoms. The number of hydrogen-bond donors (Lipinski definition) is 2. The van der Waals surface area contributed by atoms with Gasteiger partial charge in [0.05, 0.1) is 16.9 Å². The summed E-state index contributed by atoms with van der Waals surface area (Å²) >= 11 is 0. The van der Waals surface area contributed by atoms with Crippen LogP contribution in [0.5, 0.6) is 0 Å². The summed E-state index contributed by atoms with van der Waals surface area (Å²) in [5, 5.41) is 5.34. The molecule has 3 aromatic carbocycles. The lowest BCUT2D eigenvalue weighted by Crippen LogP contribution is -2.11. The van der Waals surface area contributed by atoms with Crippen LogP contribution in [-0.2, 0) is 11.2 Å². The number of nitrogens with zero attached hydrogens (tertiary/aromatic N) is 1. The van der Waals surface area contributed by atoms with E-state index in [9.17, 15) is 4.79 Å². The molecule has 1 amide bonds. The van der Waals surface area contributed by atoms with Gasteiger partial charge in [0.1, 0.15) is 0 Å². The third-order valence-corrected chi connectivity index (χ3v) is 6.08. The second-order valence-corrected chi connectivity index (χ2v) is 8.68. The molecule has 0 aliphatic rings. The molecule has 0 saturated heterocycles. The Morgan fingerprint density at radius 2 is 1.70 bits per heavy atom. The van der Waals surface area contributed by atoms with Gasteiger partial charge in [0.15, 0.2) is 0 Å². The van der Waals surface area contributed by atoms with E-state index in [4.69, 9.17) is 4.98 Å². The third kappa shape index (κ3) is 4.51. The van der Waals surface area contributed by atoms with Gasteiger partial charge in [-0.25, -0.2) is 4.98 Å². The number of aromatic amines is 1. The molecule has 0 saturated carbocycles.